The van der Waals surface area contributed by atoms with Crippen LogP contribution in [0.25, 0.3) is 6.08 Å². The predicted octanol–water partition coefficient (Wildman–Crippen LogP) is 6.84. The van der Waals surface area contributed by atoms with Gasteiger partial charge in [0.1, 0.15) is 11.6 Å². The van der Waals surface area contributed by atoms with E-state index in [-0.39, 0.29) is 30.0 Å². The number of nitrogens with zero attached hydrogens (tertiary/aromatic N) is 2. The van der Waals surface area contributed by atoms with Gasteiger partial charge in [-0.1, -0.05) is 91.0 Å². The van der Waals surface area contributed by atoms with Crippen molar-refractivity contribution in [2.24, 2.45) is 5.10 Å². The van der Waals surface area contributed by atoms with Crippen LogP contribution in [-0.4, -0.2) is 29.5 Å². The highest BCUT2D eigenvalue weighted by atomic mass is 19.1. The number of ether oxygens (including phenoxy) is 1. The Balaban J connectivity index is 1.32. The Hall–Kier alpha value is -4.84. The average molecular weight is 519 g/mol. The molecule has 0 saturated carbocycles. The Labute approximate surface area is 226 Å². The molecule has 39 heavy (non-hydrogen) atoms. The largest absolute Gasteiger partial charge is 0.483 e. The molecule has 0 N–H and O–H groups in total. The van der Waals surface area contributed by atoms with E-state index in [4.69, 9.17) is 4.74 Å². The molecule has 194 valence electrons. The Morgan fingerprint density at radius 1 is 0.846 bits per heavy atom. The lowest BCUT2D eigenvalue weighted by Crippen LogP contribution is -2.38. The van der Waals surface area contributed by atoms with Crippen LogP contribution in [0.5, 0.6) is 5.75 Å². The summed E-state index contributed by atoms with van der Waals surface area (Å²) in [6.07, 6.45) is 5.37. The molecule has 2 unspecified atom stereocenters. The van der Waals surface area contributed by atoms with Gasteiger partial charge in [-0.3, -0.25) is 9.59 Å². The molecule has 0 aliphatic carbocycles. The summed E-state index contributed by atoms with van der Waals surface area (Å²) in [6, 6.07) is 32.6. The van der Waals surface area contributed by atoms with Gasteiger partial charge < -0.3 is 4.74 Å². The summed E-state index contributed by atoms with van der Waals surface area (Å²) in [7, 11) is 0. The number of hydrazone groups is 1. The fourth-order valence-electron chi connectivity index (χ4n) is 4.62. The molecule has 0 aromatic heterocycles. The molecule has 0 radical (unpaired) electrons. The van der Waals surface area contributed by atoms with Crippen molar-refractivity contribution in [1.29, 1.82) is 0 Å². The van der Waals surface area contributed by atoms with Gasteiger partial charge in [0.2, 0.25) is 0 Å². The van der Waals surface area contributed by atoms with Gasteiger partial charge in [0, 0.05) is 17.7 Å². The number of carbonyl (C=O) groups excluding carboxylic acids is 2. The van der Waals surface area contributed by atoms with Crippen molar-refractivity contribution in [3.63, 3.8) is 0 Å². The fourth-order valence-corrected chi connectivity index (χ4v) is 4.62. The molecule has 4 aromatic carbocycles. The maximum atomic E-state index is 14.0. The topological polar surface area (TPSA) is 59.0 Å². The second-order valence-electron chi connectivity index (χ2n) is 9.19. The lowest BCUT2D eigenvalue weighted by molar-refractivity contribution is -0.136. The SMILES string of the molecule is O=C(C=Cc1ccccc1OCC(=O)N1N=CC(c2ccccc2)CC1c1ccccc1)c1ccccc1F. The maximum Gasteiger partial charge on any atom is 0.281 e. The van der Waals surface area contributed by atoms with Gasteiger partial charge in [-0.05, 0) is 47.9 Å². The molecule has 4 aromatic rings. The van der Waals surface area contributed by atoms with E-state index in [1.165, 1.54) is 29.3 Å². The molecular weight excluding hydrogens is 491 g/mol. The number of amides is 1. The minimum atomic E-state index is -0.577. The summed E-state index contributed by atoms with van der Waals surface area (Å²) in [5.74, 6) is -0.804. The molecule has 1 amide bonds. The molecule has 0 fully saturated rings. The van der Waals surface area contributed by atoms with Crippen molar-refractivity contribution < 1.29 is 18.7 Å². The van der Waals surface area contributed by atoms with E-state index >= 15 is 0 Å². The molecule has 0 bridgehead atoms. The van der Waals surface area contributed by atoms with Crippen molar-refractivity contribution in [2.75, 3.05) is 6.61 Å². The highest BCUT2D eigenvalue weighted by molar-refractivity contribution is 6.07. The van der Waals surface area contributed by atoms with Crippen LogP contribution in [0.3, 0.4) is 0 Å². The Morgan fingerprint density at radius 2 is 1.49 bits per heavy atom. The molecule has 6 heteroatoms. The van der Waals surface area contributed by atoms with Gasteiger partial charge in [0.25, 0.3) is 5.91 Å². The zero-order valence-corrected chi connectivity index (χ0v) is 21.2. The molecule has 1 aliphatic rings. The first-order chi connectivity index (χ1) is 19.1. The molecule has 1 heterocycles. The highest BCUT2D eigenvalue weighted by Crippen LogP contribution is 2.35. The number of hydrogen-bond acceptors (Lipinski definition) is 4. The normalized spacial score (nSPS) is 16.8. The molecular formula is C33H27FN2O3. The van der Waals surface area contributed by atoms with Gasteiger partial charge in [-0.2, -0.15) is 5.10 Å². The molecule has 0 spiro atoms. The van der Waals surface area contributed by atoms with Gasteiger partial charge in [0.15, 0.2) is 12.4 Å². The minimum absolute atomic E-state index is 0.00829. The fraction of sp³-hybridized carbons (Fsp3) is 0.121. The Morgan fingerprint density at radius 3 is 2.23 bits per heavy atom. The number of hydrogen-bond donors (Lipinski definition) is 0. The van der Waals surface area contributed by atoms with Crippen LogP contribution in [0.1, 0.15) is 45.4 Å². The summed E-state index contributed by atoms with van der Waals surface area (Å²) in [5.41, 5.74) is 2.74. The molecule has 5 rings (SSSR count). The number of benzene rings is 4. The number of allylic oxidation sites excluding steroid dienone is 1. The van der Waals surface area contributed by atoms with Gasteiger partial charge in [-0.25, -0.2) is 9.40 Å². The van der Waals surface area contributed by atoms with Gasteiger partial charge >= 0.3 is 0 Å². The van der Waals surface area contributed by atoms with E-state index in [9.17, 15) is 14.0 Å². The second kappa shape index (κ2) is 12.1. The summed E-state index contributed by atoms with van der Waals surface area (Å²) >= 11 is 0. The molecule has 0 saturated heterocycles. The molecule has 2 atom stereocenters. The third kappa shape index (κ3) is 6.18. The van der Waals surface area contributed by atoms with Crippen molar-refractivity contribution in [3.8, 4) is 5.75 Å². The first kappa shape index (κ1) is 25.8. The third-order valence-electron chi connectivity index (χ3n) is 6.63. The van der Waals surface area contributed by atoms with E-state index in [0.29, 0.717) is 17.7 Å². The highest BCUT2D eigenvalue weighted by Gasteiger charge is 2.31. The van der Waals surface area contributed by atoms with Gasteiger partial charge in [-0.15, -0.1) is 0 Å². The first-order valence-corrected chi connectivity index (χ1v) is 12.7. The van der Waals surface area contributed by atoms with Crippen LogP contribution < -0.4 is 4.74 Å². The molecule has 1 aliphatic heterocycles. The number of para-hydroxylation sites is 1. The van der Waals surface area contributed by atoms with Crippen LogP contribution >= 0.6 is 0 Å². The zero-order valence-electron chi connectivity index (χ0n) is 21.2. The summed E-state index contributed by atoms with van der Waals surface area (Å²) in [6.45, 7) is -0.233. The smallest absolute Gasteiger partial charge is 0.281 e. The minimum Gasteiger partial charge on any atom is -0.483 e. The lowest BCUT2D eigenvalue weighted by Gasteiger charge is -2.34. The lowest BCUT2D eigenvalue weighted by atomic mass is 9.88. The van der Waals surface area contributed by atoms with Crippen LogP contribution in [0, 0.1) is 5.82 Å². The Bertz CT molecular complexity index is 1500. The van der Waals surface area contributed by atoms with Crippen molar-refractivity contribution in [2.45, 2.75) is 18.4 Å². The van der Waals surface area contributed by atoms with E-state index in [0.717, 1.165) is 11.1 Å². The van der Waals surface area contributed by atoms with E-state index in [1.807, 2.05) is 54.7 Å². The van der Waals surface area contributed by atoms with E-state index in [1.54, 1.807) is 36.4 Å². The number of rotatable bonds is 8. The standard InChI is InChI=1S/C33H27FN2O3/c34-29-17-9-8-16-28(29)31(37)20-19-26-15-7-10-18-32(26)39-23-33(38)36-30(25-13-5-2-6-14-25)21-27(22-35-36)24-11-3-1-4-12-24/h1-20,22,27,30H,21,23H2. The van der Waals surface area contributed by atoms with Crippen molar-refractivity contribution >= 4 is 24.0 Å². The average Bonchev–Trinajstić information content (AvgIpc) is 3.00. The number of carbonyl (C=O) groups is 2. The first-order valence-electron chi connectivity index (χ1n) is 12.7. The summed E-state index contributed by atoms with van der Waals surface area (Å²) in [4.78, 5) is 25.8. The quantitative estimate of drug-likeness (QED) is 0.189. The molecule has 5 nitrogen and oxygen atoms in total. The Kier molecular flexibility index (Phi) is 8.03. The van der Waals surface area contributed by atoms with Crippen LogP contribution in [0.15, 0.2) is 120 Å². The monoisotopic (exact) mass is 518 g/mol. The van der Waals surface area contributed by atoms with Crippen molar-refractivity contribution in [1.82, 2.24) is 5.01 Å². The second-order valence-corrected chi connectivity index (χ2v) is 9.19. The third-order valence-corrected chi connectivity index (χ3v) is 6.63. The maximum absolute atomic E-state index is 14.0. The van der Waals surface area contributed by atoms with Crippen molar-refractivity contribution in [3.05, 3.63) is 143 Å². The summed E-state index contributed by atoms with van der Waals surface area (Å²) in [5, 5.41) is 6.06. The van der Waals surface area contributed by atoms with E-state index in [2.05, 4.69) is 17.2 Å². The van der Waals surface area contributed by atoms with E-state index < -0.39 is 11.6 Å². The zero-order chi connectivity index (χ0) is 27.0. The number of halogens is 1. The van der Waals surface area contributed by atoms with Crippen LogP contribution in [0.2, 0.25) is 0 Å². The van der Waals surface area contributed by atoms with Crippen LogP contribution in [0.4, 0.5) is 4.39 Å². The summed E-state index contributed by atoms with van der Waals surface area (Å²) < 4.78 is 19.9. The predicted molar refractivity (Wildman–Crippen MR) is 150 cm³/mol. The van der Waals surface area contributed by atoms with Crippen LogP contribution in [-0.2, 0) is 4.79 Å². The number of ketones is 1. The van der Waals surface area contributed by atoms with Gasteiger partial charge in [0.05, 0.1) is 11.6 Å².